The zero-order valence-electron chi connectivity index (χ0n) is 7.85. The molecule has 2 rings (SSSR count). The van der Waals surface area contributed by atoms with Gasteiger partial charge in [0, 0.05) is 0 Å². The van der Waals surface area contributed by atoms with Crippen molar-refractivity contribution < 1.29 is 0 Å². The van der Waals surface area contributed by atoms with E-state index in [0.29, 0.717) is 0 Å². The Hall–Kier alpha value is -1.60. The third kappa shape index (κ3) is 1.83. The first-order valence-corrected chi connectivity index (χ1v) is 4.61. The van der Waals surface area contributed by atoms with E-state index < -0.39 is 0 Å². The van der Waals surface area contributed by atoms with Crippen LogP contribution in [0.25, 0.3) is 0 Å². The van der Waals surface area contributed by atoms with Crippen molar-refractivity contribution in [3.8, 4) is 0 Å². The predicted octanol–water partition coefficient (Wildman–Crippen LogP) is 2.57. The molecule has 0 aliphatic heterocycles. The minimum Gasteiger partial charge on any atom is -0.316 e. The highest BCUT2D eigenvalue weighted by Gasteiger charge is 2.07. The maximum atomic E-state index is 6.03. The van der Waals surface area contributed by atoms with Crippen molar-refractivity contribution in [1.29, 1.82) is 0 Å². The molecular weight excluding hydrogens is 170 g/mol. The summed E-state index contributed by atoms with van der Waals surface area (Å²) in [5.41, 5.74) is 8.17. The molecular formula is C13H12N. The summed E-state index contributed by atoms with van der Waals surface area (Å²) in [6.07, 6.45) is 0. The summed E-state index contributed by atoms with van der Waals surface area (Å²) in [6.45, 7) is 0. The van der Waals surface area contributed by atoms with Crippen LogP contribution in [0.3, 0.4) is 0 Å². The molecule has 0 aliphatic rings. The van der Waals surface area contributed by atoms with Gasteiger partial charge in [0.25, 0.3) is 0 Å². The largest absolute Gasteiger partial charge is 0.316 e. The van der Waals surface area contributed by atoms with Crippen LogP contribution in [0.1, 0.15) is 11.1 Å². The Morgan fingerprint density at radius 1 is 0.643 bits per heavy atom. The van der Waals surface area contributed by atoms with Crippen LogP contribution in [0.2, 0.25) is 0 Å². The van der Waals surface area contributed by atoms with Gasteiger partial charge in [0.15, 0.2) is 0 Å². The summed E-state index contributed by atoms with van der Waals surface area (Å²) in [5, 5.41) is 0. The molecule has 69 valence electrons. The van der Waals surface area contributed by atoms with Crippen LogP contribution in [-0.4, -0.2) is 0 Å². The number of hydrogen-bond donors (Lipinski definition) is 1. The third-order valence-corrected chi connectivity index (χ3v) is 2.17. The molecule has 0 bridgehead atoms. The van der Waals surface area contributed by atoms with Crippen molar-refractivity contribution in [3.63, 3.8) is 0 Å². The molecule has 2 aromatic carbocycles. The minimum atomic E-state index is 0.825. The van der Waals surface area contributed by atoms with Gasteiger partial charge in [-0.05, 0) is 11.1 Å². The van der Waals surface area contributed by atoms with Crippen LogP contribution >= 0.6 is 0 Å². The maximum absolute atomic E-state index is 6.03. The van der Waals surface area contributed by atoms with Gasteiger partial charge in [-0.25, -0.2) is 0 Å². The average Bonchev–Trinajstić information content (AvgIpc) is 2.30. The Morgan fingerprint density at radius 2 is 1.00 bits per heavy atom. The SMILES string of the molecule is N[C](c1ccccc1)c1ccccc1. The molecule has 0 spiro atoms. The van der Waals surface area contributed by atoms with Gasteiger partial charge in [-0.2, -0.15) is 0 Å². The van der Waals surface area contributed by atoms with Gasteiger partial charge in [-0.1, -0.05) is 60.7 Å². The number of rotatable bonds is 2. The van der Waals surface area contributed by atoms with E-state index in [-0.39, 0.29) is 0 Å². The lowest BCUT2D eigenvalue weighted by Crippen LogP contribution is -2.12. The van der Waals surface area contributed by atoms with Crippen molar-refractivity contribution in [2.75, 3.05) is 0 Å². The molecule has 0 heterocycles. The number of benzene rings is 2. The molecule has 1 radical (unpaired) electrons. The maximum Gasteiger partial charge on any atom is 0.0933 e. The van der Waals surface area contributed by atoms with Crippen molar-refractivity contribution >= 4 is 0 Å². The fraction of sp³-hybridized carbons (Fsp3) is 0. The lowest BCUT2D eigenvalue weighted by atomic mass is 10.00. The van der Waals surface area contributed by atoms with Crippen molar-refractivity contribution in [2.45, 2.75) is 0 Å². The first-order chi connectivity index (χ1) is 6.88. The van der Waals surface area contributed by atoms with E-state index in [2.05, 4.69) is 0 Å². The number of hydrogen-bond acceptors (Lipinski definition) is 1. The van der Waals surface area contributed by atoms with Crippen LogP contribution in [0, 0.1) is 6.04 Å². The molecule has 2 N–H and O–H groups in total. The Kier molecular flexibility index (Phi) is 2.61. The van der Waals surface area contributed by atoms with Crippen molar-refractivity contribution in [1.82, 2.24) is 0 Å². The van der Waals surface area contributed by atoms with Crippen LogP contribution < -0.4 is 5.73 Å². The highest BCUT2D eigenvalue weighted by molar-refractivity contribution is 5.43. The lowest BCUT2D eigenvalue weighted by molar-refractivity contribution is 1.13. The fourth-order valence-corrected chi connectivity index (χ4v) is 1.40. The second-order valence-corrected chi connectivity index (χ2v) is 3.15. The topological polar surface area (TPSA) is 26.0 Å². The second kappa shape index (κ2) is 4.07. The van der Waals surface area contributed by atoms with Gasteiger partial charge in [0.2, 0.25) is 0 Å². The molecule has 0 aliphatic carbocycles. The Labute approximate surface area is 84.2 Å². The zero-order valence-corrected chi connectivity index (χ0v) is 7.85. The Morgan fingerprint density at radius 3 is 1.36 bits per heavy atom. The minimum absolute atomic E-state index is 0.825. The molecule has 0 aromatic heterocycles. The normalized spacial score (nSPS) is 10.4. The third-order valence-electron chi connectivity index (χ3n) is 2.17. The second-order valence-electron chi connectivity index (χ2n) is 3.15. The Balaban J connectivity index is 2.30. The van der Waals surface area contributed by atoms with Gasteiger partial charge in [0.1, 0.15) is 0 Å². The summed E-state index contributed by atoms with van der Waals surface area (Å²) in [6, 6.07) is 20.8. The van der Waals surface area contributed by atoms with E-state index in [1.807, 2.05) is 60.7 Å². The van der Waals surface area contributed by atoms with Gasteiger partial charge >= 0.3 is 0 Å². The molecule has 0 atom stereocenters. The molecule has 2 aromatic rings. The van der Waals surface area contributed by atoms with Gasteiger partial charge in [0.05, 0.1) is 6.04 Å². The van der Waals surface area contributed by atoms with E-state index in [0.717, 1.165) is 17.2 Å². The average molecular weight is 182 g/mol. The monoisotopic (exact) mass is 182 g/mol. The zero-order chi connectivity index (χ0) is 9.80. The lowest BCUT2D eigenvalue weighted by Gasteiger charge is -2.10. The van der Waals surface area contributed by atoms with E-state index >= 15 is 0 Å². The molecule has 1 heteroatoms. The summed E-state index contributed by atoms with van der Waals surface area (Å²) >= 11 is 0. The molecule has 0 fully saturated rings. The quantitative estimate of drug-likeness (QED) is 0.759. The van der Waals surface area contributed by atoms with Crippen molar-refractivity contribution in [2.24, 2.45) is 5.73 Å². The van der Waals surface area contributed by atoms with E-state index in [1.54, 1.807) is 0 Å². The summed E-state index contributed by atoms with van der Waals surface area (Å²) in [7, 11) is 0. The van der Waals surface area contributed by atoms with Gasteiger partial charge < -0.3 is 5.73 Å². The summed E-state index contributed by atoms with van der Waals surface area (Å²) < 4.78 is 0. The molecule has 0 saturated heterocycles. The van der Waals surface area contributed by atoms with Crippen molar-refractivity contribution in [3.05, 3.63) is 77.8 Å². The van der Waals surface area contributed by atoms with E-state index in [1.165, 1.54) is 0 Å². The summed E-state index contributed by atoms with van der Waals surface area (Å²) in [5.74, 6) is 0. The van der Waals surface area contributed by atoms with Gasteiger partial charge in [-0.3, -0.25) is 0 Å². The first-order valence-electron chi connectivity index (χ1n) is 4.61. The van der Waals surface area contributed by atoms with E-state index in [4.69, 9.17) is 5.73 Å². The standard InChI is InChI=1S/C13H12N/c14-13(11-7-3-1-4-8-11)12-9-5-2-6-10-12/h1-10H,14H2. The highest BCUT2D eigenvalue weighted by Crippen LogP contribution is 2.17. The fourth-order valence-electron chi connectivity index (χ4n) is 1.40. The smallest absolute Gasteiger partial charge is 0.0933 e. The first kappa shape index (κ1) is 8.97. The van der Waals surface area contributed by atoms with Gasteiger partial charge in [-0.15, -0.1) is 0 Å². The Bertz CT molecular complexity index is 341. The van der Waals surface area contributed by atoms with Crippen LogP contribution in [0.5, 0.6) is 0 Å². The molecule has 14 heavy (non-hydrogen) atoms. The number of nitrogens with two attached hydrogens (primary N) is 1. The molecule has 1 nitrogen and oxygen atoms in total. The highest BCUT2D eigenvalue weighted by atomic mass is 14.6. The molecule has 0 saturated carbocycles. The molecule has 0 amide bonds. The van der Waals surface area contributed by atoms with Crippen LogP contribution in [-0.2, 0) is 0 Å². The van der Waals surface area contributed by atoms with E-state index in [9.17, 15) is 0 Å². The van der Waals surface area contributed by atoms with Crippen LogP contribution in [0.15, 0.2) is 60.7 Å². The van der Waals surface area contributed by atoms with Crippen LogP contribution in [0.4, 0.5) is 0 Å². The predicted molar refractivity (Wildman–Crippen MR) is 58.5 cm³/mol. The molecule has 0 unspecified atom stereocenters. The summed E-state index contributed by atoms with van der Waals surface area (Å²) in [4.78, 5) is 0.